The first-order chi connectivity index (χ1) is 9.77. The Morgan fingerprint density at radius 3 is 2.00 bits per heavy atom. The summed E-state index contributed by atoms with van der Waals surface area (Å²) in [6.07, 6.45) is -4.25. The van der Waals surface area contributed by atoms with Crippen LogP contribution in [0.25, 0.3) is 0 Å². The molecule has 0 heterocycles. The standard InChI is InChI=1S/C16H15F3O2/c1-2-15(21,11-6-8-14(20)9-7-11)12-4-3-5-13(10-12)16(17,18)19/h3-10,20-21H,2H2,1H3. The molecule has 0 amide bonds. The van der Waals surface area contributed by atoms with Gasteiger partial charge in [0.15, 0.2) is 0 Å². The van der Waals surface area contributed by atoms with Crippen molar-refractivity contribution in [3.63, 3.8) is 0 Å². The third-order valence-corrected chi connectivity index (χ3v) is 3.52. The van der Waals surface area contributed by atoms with E-state index in [9.17, 15) is 23.4 Å². The highest BCUT2D eigenvalue weighted by atomic mass is 19.4. The van der Waals surface area contributed by atoms with Gasteiger partial charge in [0, 0.05) is 0 Å². The summed E-state index contributed by atoms with van der Waals surface area (Å²) in [5.41, 5.74) is -1.73. The van der Waals surface area contributed by atoms with Crippen LogP contribution < -0.4 is 0 Å². The molecule has 0 aliphatic rings. The molecule has 0 spiro atoms. The predicted octanol–water partition coefficient (Wildman–Crippen LogP) is 4.06. The van der Waals surface area contributed by atoms with Crippen molar-refractivity contribution in [3.8, 4) is 5.75 Å². The van der Waals surface area contributed by atoms with Crippen LogP contribution in [0.2, 0.25) is 0 Å². The zero-order valence-corrected chi connectivity index (χ0v) is 11.4. The molecule has 2 rings (SSSR count). The zero-order valence-electron chi connectivity index (χ0n) is 11.4. The van der Waals surface area contributed by atoms with Crippen molar-refractivity contribution in [2.45, 2.75) is 25.1 Å². The minimum Gasteiger partial charge on any atom is -0.508 e. The monoisotopic (exact) mass is 296 g/mol. The number of hydrogen-bond donors (Lipinski definition) is 2. The normalized spacial score (nSPS) is 14.7. The molecule has 0 aromatic heterocycles. The van der Waals surface area contributed by atoms with Gasteiger partial charge in [-0.15, -0.1) is 0 Å². The third-order valence-electron chi connectivity index (χ3n) is 3.52. The van der Waals surface area contributed by atoms with E-state index >= 15 is 0 Å². The van der Waals surface area contributed by atoms with Gasteiger partial charge in [0.2, 0.25) is 0 Å². The Balaban J connectivity index is 2.52. The molecule has 0 saturated heterocycles. The highest BCUT2D eigenvalue weighted by molar-refractivity contribution is 5.40. The summed E-state index contributed by atoms with van der Waals surface area (Å²) in [5, 5.41) is 20.1. The van der Waals surface area contributed by atoms with Crippen LogP contribution in [0.5, 0.6) is 5.75 Å². The Morgan fingerprint density at radius 1 is 0.905 bits per heavy atom. The average Bonchev–Trinajstić information content (AvgIpc) is 2.46. The van der Waals surface area contributed by atoms with Gasteiger partial charge in [0.1, 0.15) is 11.4 Å². The highest BCUT2D eigenvalue weighted by Crippen LogP contribution is 2.37. The van der Waals surface area contributed by atoms with E-state index in [4.69, 9.17) is 0 Å². The van der Waals surface area contributed by atoms with Crippen LogP contribution in [0.3, 0.4) is 0 Å². The summed E-state index contributed by atoms with van der Waals surface area (Å²) in [6.45, 7) is 1.69. The summed E-state index contributed by atoms with van der Waals surface area (Å²) in [6, 6.07) is 10.4. The lowest BCUT2D eigenvalue weighted by Crippen LogP contribution is -2.26. The maximum Gasteiger partial charge on any atom is 0.416 e. The first-order valence-electron chi connectivity index (χ1n) is 6.47. The molecule has 0 radical (unpaired) electrons. The predicted molar refractivity (Wildman–Crippen MR) is 72.8 cm³/mol. The van der Waals surface area contributed by atoms with Crippen LogP contribution in [-0.2, 0) is 11.8 Å². The number of phenols is 1. The number of aliphatic hydroxyl groups is 1. The molecule has 2 nitrogen and oxygen atoms in total. The molecule has 0 saturated carbocycles. The van der Waals surface area contributed by atoms with Crippen molar-refractivity contribution < 1.29 is 23.4 Å². The van der Waals surface area contributed by atoms with Gasteiger partial charge < -0.3 is 10.2 Å². The number of phenolic OH excluding ortho intramolecular Hbond substituents is 1. The highest BCUT2D eigenvalue weighted by Gasteiger charge is 2.34. The Labute approximate surface area is 120 Å². The van der Waals surface area contributed by atoms with Gasteiger partial charge in [-0.25, -0.2) is 0 Å². The molecular formula is C16H15F3O2. The fraction of sp³-hybridized carbons (Fsp3) is 0.250. The molecule has 1 unspecified atom stereocenters. The summed E-state index contributed by atoms with van der Waals surface area (Å²) in [7, 11) is 0. The number of aromatic hydroxyl groups is 1. The topological polar surface area (TPSA) is 40.5 Å². The van der Waals surface area contributed by atoms with Crippen LogP contribution in [0.15, 0.2) is 48.5 Å². The molecule has 2 aromatic carbocycles. The van der Waals surface area contributed by atoms with Crippen molar-refractivity contribution in [1.82, 2.24) is 0 Å². The SMILES string of the molecule is CCC(O)(c1ccc(O)cc1)c1cccc(C(F)(F)F)c1. The van der Waals surface area contributed by atoms with E-state index in [0.29, 0.717) is 5.56 Å². The first kappa shape index (κ1) is 15.4. The molecule has 21 heavy (non-hydrogen) atoms. The molecule has 0 aliphatic heterocycles. The number of hydrogen-bond acceptors (Lipinski definition) is 2. The van der Waals surface area contributed by atoms with Crippen LogP contribution in [0.4, 0.5) is 13.2 Å². The molecule has 1 atom stereocenters. The molecule has 2 N–H and O–H groups in total. The summed E-state index contributed by atoms with van der Waals surface area (Å²) in [5.74, 6) is 0.0289. The maximum absolute atomic E-state index is 12.8. The third kappa shape index (κ3) is 3.03. The summed E-state index contributed by atoms with van der Waals surface area (Å²) in [4.78, 5) is 0. The second kappa shape index (κ2) is 5.41. The second-order valence-corrected chi connectivity index (χ2v) is 4.84. The van der Waals surface area contributed by atoms with Crippen LogP contribution in [0.1, 0.15) is 30.0 Å². The average molecular weight is 296 g/mol. The lowest BCUT2D eigenvalue weighted by Gasteiger charge is -2.28. The fourth-order valence-electron chi connectivity index (χ4n) is 2.26. The number of halogens is 3. The Hall–Kier alpha value is -2.01. The van der Waals surface area contributed by atoms with E-state index in [1.807, 2.05) is 0 Å². The minimum atomic E-state index is -4.46. The van der Waals surface area contributed by atoms with Gasteiger partial charge in [0.05, 0.1) is 5.56 Å². The van der Waals surface area contributed by atoms with Gasteiger partial charge in [-0.2, -0.15) is 13.2 Å². The van der Waals surface area contributed by atoms with E-state index in [0.717, 1.165) is 12.1 Å². The van der Waals surface area contributed by atoms with Gasteiger partial charge in [-0.1, -0.05) is 31.2 Å². The number of rotatable bonds is 3. The Morgan fingerprint density at radius 2 is 1.48 bits per heavy atom. The van der Waals surface area contributed by atoms with Gasteiger partial charge in [-0.05, 0) is 41.8 Å². The van der Waals surface area contributed by atoms with E-state index in [1.165, 1.54) is 36.4 Å². The molecular weight excluding hydrogens is 281 g/mol. The largest absolute Gasteiger partial charge is 0.508 e. The number of benzene rings is 2. The first-order valence-corrected chi connectivity index (χ1v) is 6.47. The molecule has 0 aliphatic carbocycles. The van der Waals surface area contributed by atoms with E-state index in [2.05, 4.69) is 0 Å². The van der Waals surface area contributed by atoms with Crippen molar-refractivity contribution >= 4 is 0 Å². The smallest absolute Gasteiger partial charge is 0.416 e. The van der Waals surface area contributed by atoms with Gasteiger partial charge >= 0.3 is 6.18 Å². The second-order valence-electron chi connectivity index (χ2n) is 4.84. The lowest BCUT2D eigenvalue weighted by molar-refractivity contribution is -0.137. The molecule has 0 bridgehead atoms. The lowest BCUT2D eigenvalue weighted by atomic mass is 9.83. The van der Waals surface area contributed by atoms with E-state index in [1.54, 1.807) is 6.92 Å². The minimum absolute atomic E-state index is 0.0289. The Kier molecular flexibility index (Phi) is 3.96. The van der Waals surface area contributed by atoms with Crippen molar-refractivity contribution in [3.05, 3.63) is 65.2 Å². The molecule has 5 heteroatoms. The fourth-order valence-corrected chi connectivity index (χ4v) is 2.26. The molecule has 112 valence electrons. The van der Waals surface area contributed by atoms with Crippen molar-refractivity contribution in [2.24, 2.45) is 0 Å². The maximum atomic E-state index is 12.8. The quantitative estimate of drug-likeness (QED) is 0.897. The van der Waals surface area contributed by atoms with Gasteiger partial charge in [-0.3, -0.25) is 0 Å². The molecule has 0 fully saturated rings. The van der Waals surface area contributed by atoms with Gasteiger partial charge in [0.25, 0.3) is 0 Å². The van der Waals surface area contributed by atoms with Crippen LogP contribution in [-0.4, -0.2) is 10.2 Å². The zero-order chi connectivity index (χ0) is 15.7. The van der Waals surface area contributed by atoms with E-state index < -0.39 is 17.3 Å². The van der Waals surface area contributed by atoms with Crippen molar-refractivity contribution in [2.75, 3.05) is 0 Å². The van der Waals surface area contributed by atoms with Crippen LogP contribution in [0, 0.1) is 0 Å². The molecule has 2 aromatic rings. The van der Waals surface area contributed by atoms with Crippen molar-refractivity contribution in [1.29, 1.82) is 0 Å². The van der Waals surface area contributed by atoms with E-state index in [-0.39, 0.29) is 17.7 Å². The Bertz CT molecular complexity index is 620. The summed E-state index contributed by atoms with van der Waals surface area (Å²) >= 11 is 0. The summed E-state index contributed by atoms with van der Waals surface area (Å²) < 4.78 is 38.4. The van der Waals surface area contributed by atoms with Crippen LogP contribution >= 0.6 is 0 Å². The number of alkyl halides is 3.